The number of likely N-dealkylation sites (tertiary alicyclic amines) is 1. The number of benzene rings is 1. The molecule has 7 heteroatoms. The fourth-order valence-electron chi connectivity index (χ4n) is 2.30. The molecule has 106 valence electrons. The fourth-order valence-corrected chi connectivity index (χ4v) is 2.30. The molecule has 1 saturated heterocycles. The standard InChI is InChI=1S/C12H12F5NO/c13-8-7(4-18-3-1-2-6(18)5-19)9(14)11(16)12(17)10(8)15/h6,19H,1-5H2. The van der Waals surface area contributed by atoms with Gasteiger partial charge in [-0.3, -0.25) is 4.90 Å². The average molecular weight is 281 g/mol. The minimum absolute atomic E-state index is 0.213. The van der Waals surface area contributed by atoms with E-state index in [0.29, 0.717) is 19.4 Å². The van der Waals surface area contributed by atoms with E-state index in [1.165, 1.54) is 4.90 Å². The van der Waals surface area contributed by atoms with E-state index >= 15 is 0 Å². The van der Waals surface area contributed by atoms with Crippen LogP contribution in [0.3, 0.4) is 0 Å². The molecule has 2 nitrogen and oxygen atoms in total. The maximum atomic E-state index is 13.5. The zero-order chi connectivity index (χ0) is 14.2. The van der Waals surface area contributed by atoms with Crippen molar-refractivity contribution in [2.24, 2.45) is 0 Å². The van der Waals surface area contributed by atoms with E-state index in [1.54, 1.807) is 0 Å². The summed E-state index contributed by atoms with van der Waals surface area (Å²) >= 11 is 0. The smallest absolute Gasteiger partial charge is 0.200 e. The Labute approximate surface area is 106 Å². The molecule has 1 aliphatic heterocycles. The lowest BCUT2D eigenvalue weighted by Gasteiger charge is -2.23. The van der Waals surface area contributed by atoms with Gasteiger partial charge in [0.1, 0.15) is 0 Å². The fraction of sp³-hybridized carbons (Fsp3) is 0.500. The SMILES string of the molecule is OCC1CCCN1Cc1c(F)c(F)c(F)c(F)c1F. The second-order valence-electron chi connectivity index (χ2n) is 4.50. The van der Waals surface area contributed by atoms with Gasteiger partial charge in [0.25, 0.3) is 0 Å². The first-order chi connectivity index (χ1) is 8.97. The maximum Gasteiger partial charge on any atom is 0.200 e. The molecule has 19 heavy (non-hydrogen) atoms. The summed E-state index contributed by atoms with van der Waals surface area (Å²) in [4.78, 5) is 1.51. The molecule has 1 aromatic carbocycles. The zero-order valence-corrected chi connectivity index (χ0v) is 9.90. The molecule has 2 rings (SSSR count). The van der Waals surface area contributed by atoms with Crippen LogP contribution in [0.25, 0.3) is 0 Å². The molecule has 1 aliphatic rings. The van der Waals surface area contributed by atoms with Gasteiger partial charge >= 0.3 is 0 Å². The number of aliphatic hydroxyl groups excluding tert-OH is 1. The van der Waals surface area contributed by atoms with Crippen LogP contribution in [0.2, 0.25) is 0 Å². The Bertz CT molecular complexity index is 464. The van der Waals surface area contributed by atoms with Crippen LogP contribution in [0.5, 0.6) is 0 Å². The first-order valence-electron chi connectivity index (χ1n) is 5.82. The van der Waals surface area contributed by atoms with Gasteiger partial charge in [0.15, 0.2) is 23.3 Å². The molecule has 1 fully saturated rings. The normalized spacial score (nSPS) is 20.2. The van der Waals surface area contributed by atoms with Crippen LogP contribution in [0.15, 0.2) is 0 Å². The number of hydrogen-bond donors (Lipinski definition) is 1. The molecule has 0 radical (unpaired) electrons. The first-order valence-corrected chi connectivity index (χ1v) is 5.82. The molecular weight excluding hydrogens is 269 g/mol. The van der Waals surface area contributed by atoms with E-state index in [1.807, 2.05) is 0 Å². The summed E-state index contributed by atoms with van der Waals surface area (Å²) < 4.78 is 65.9. The summed E-state index contributed by atoms with van der Waals surface area (Å²) in [5.74, 6) is -9.64. The lowest BCUT2D eigenvalue weighted by molar-refractivity contribution is 0.150. The number of nitrogens with zero attached hydrogens (tertiary/aromatic N) is 1. The van der Waals surface area contributed by atoms with Crippen LogP contribution in [0.1, 0.15) is 18.4 Å². The molecular formula is C12H12F5NO. The molecule has 0 bridgehead atoms. The molecule has 1 atom stereocenters. The van der Waals surface area contributed by atoms with Crippen LogP contribution in [0, 0.1) is 29.1 Å². The lowest BCUT2D eigenvalue weighted by Crippen LogP contribution is -2.32. The quantitative estimate of drug-likeness (QED) is 0.522. The summed E-state index contributed by atoms with van der Waals surface area (Å²) in [5, 5.41) is 9.07. The van der Waals surface area contributed by atoms with Crippen LogP contribution in [-0.2, 0) is 6.54 Å². The Morgan fingerprint density at radius 2 is 1.47 bits per heavy atom. The second-order valence-corrected chi connectivity index (χ2v) is 4.50. The van der Waals surface area contributed by atoms with Crippen LogP contribution in [-0.4, -0.2) is 29.2 Å². The van der Waals surface area contributed by atoms with Crippen molar-refractivity contribution in [3.63, 3.8) is 0 Å². The molecule has 1 N–H and O–H groups in total. The summed E-state index contributed by atoms with van der Waals surface area (Å²) in [5.41, 5.74) is -0.850. The monoisotopic (exact) mass is 281 g/mol. The largest absolute Gasteiger partial charge is 0.395 e. The van der Waals surface area contributed by atoms with Crippen molar-refractivity contribution < 1.29 is 27.1 Å². The van der Waals surface area contributed by atoms with Crippen LogP contribution >= 0.6 is 0 Å². The topological polar surface area (TPSA) is 23.5 Å². The Kier molecular flexibility index (Phi) is 4.05. The number of rotatable bonds is 3. The summed E-state index contributed by atoms with van der Waals surface area (Å²) in [6, 6.07) is -0.310. The second kappa shape index (κ2) is 5.42. The van der Waals surface area contributed by atoms with Crippen LogP contribution in [0.4, 0.5) is 22.0 Å². The highest BCUT2D eigenvalue weighted by Crippen LogP contribution is 2.27. The van der Waals surface area contributed by atoms with E-state index in [9.17, 15) is 22.0 Å². The lowest BCUT2D eigenvalue weighted by atomic mass is 10.1. The third kappa shape index (κ3) is 2.44. The van der Waals surface area contributed by atoms with Gasteiger partial charge in [-0.25, -0.2) is 22.0 Å². The third-order valence-corrected chi connectivity index (χ3v) is 3.37. The molecule has 0 amide bonds. The van der Waals surface area contributed by atoms with Gasteiger partial charge < -0.3 is 5.11 Å². The highest BCUT2D eigenvalue weighted by molar-refractivity contribution is 5.24. The summed E-state index contributed by atoms with van der Waals surface area (Å²) in [7, 11) is 0. The molecule has 1 unspecified atom stereocenters. The van der Waals surface area contributed by atoms with E-state index in [-0.39, 0.29) is 12.6 Å². The summed E-state index contributed by atoms with van der Waals surface area (Å²) in [6.07, 6.45) is 1.34. The van der Waals surface area contributed by atoms with Crippen molar-refractivity contribution in [1.82, 2.24) is 4.90 Å². The minimum atomic E-state index is -2.15. The number of hydrogen-bond acceptors (Lipinski definition) is 2. The van der Waals surface area contributed by atoms with Crippen molar-refractivity contribution in [3.05, 3.63) is 34.6 Å². The van der Waals surface area contributed by atoms with Gasteiger partial charge in [-0.15, -0.1) is 0 Å². The molecule has 0 spiro atoms. The van der Waals surface area contributed by atoms with Gasteiger partial charge in [-0.2, -0.15) is 0 Å². The van der Waals surface area contributed by atoms with Crippen molar-refractivity contribution in [2.75, 3.05) is 13.2 Å². The molecule has 0 saturated carbocycles. The van der Waals surface area contributed by atoms with Gasteiger partial charge in [0.05, 0.1) is 6.61 Å². The Hall–Kier alpha value is -1.21. The zero-order valence-electron chi connectivity index (χ0n) is 9.90. The molecule has 1 heterocycles. The molecule has 0 aromatic heterocycles. The van der Waals surface area contributed by atoms with Crippen LogP contribution < -0.4 is 0 Å². The van der Waals surface area contributed by atoms with Gasteiger partial charge in [-0.05, 0) is 19.4 Å². The maximum absolute atomic E-state index is 13.5. The Morgan fingerprint density at radius 1 is 0.947 bits per heavy atom. The number of aliphatic hydroxyl groups is 1. The van der Waals surface area contributed by atoms with Gasteiger partial charge in [0.2, 0.25) is 5.82 Å². The van der Waals surface area contributed by atoms with E-state index in [2.05, 4.69) is 0 Å². The predicted molar refractivity (Wildman–Crippen MR) is 56.7 cm³/mol. The highest BCUT2D eigenvalue weighted by atomic mass is 19.2. The first kappa shape index (κ1) is 14.2. The van der Waals surface area contributed by atoms with Crippen molar-refractivity contribution in [3.8, 4) is 0 Å². The Morgan fingerprint density at radius 3 is 2.00 bits per heavy atom. The van der Waals surface area contributed by atoms with Gasteiger partial charge in [0, 0.05) is 18.2 Å². The third-order valence-electron chi connectivity index (χ3n) is 3.37. The summed E-state index contributed by atoms with van der Waals surface area (Å²) in [6.45, 7) is -0.170. The Balaban J connectivity index is 2.35. The van der Waals surface area contributed by atoms with Gasteiger partial charge in [-0.1, -0.05) is 0 Å². The number of halogens is 5. The molecule has 0 aliphatic carbocycles. The minimum Gasteiger partial charge on any atom is -0.395 e. The van der Waals surface area contributed by atoms with E-state index in [4.69, 9.17) is 5.11 Å². The highest BCUT2D eigenvalue weighted by Gasteiger charge is 2.30. The predicted octanol–water partition coefficient (Wildman–Crippen LogP) is 2.34. The molecule has 1 aromatic rings. The van der Waals surface area contributed by atoms with E-state index < -0.39 is 41.2 Å². The average Bonchev–Trinajstić information content (AvgIpc) is 2.86. The van der Waals surface area contributed by atoms with E-state index in [0.717, 1.165) is 0 Å². The van der Waals surface area contributed by atoms with Crippen molar-refractivity contribution in [1.29, 1.82) is 0 Å². The van der Waals surface area contributed by atoms with Crippen molar-refractivity contribution in [2.45, 2.75) is 25.4 Å². The van der Waals surface area contributed by atoms with Crippen molar-refractivity contribution >= 4 is 0 Å².